The number of aromatic carboxylic acids is 2. The van der Waals surface area contributed by atoms with Crippen LogP contribution in [0.4, 0.5) is 21.0 Å². The molecule has 216 valence electrons. The van der Waals surface area contributed by atoms with Gasteiger partial charge in [0.1, 0.15) is 0 Å². The maximum atomic E-state index is 11.6. The molecule has 2 saturated heterocycles. The van der Waals surface area contributed by atoms with Gasteiger partial charge in [-0.3, -0.25) is 0 Å². The minimum absolute atomic E-state index is 0.270. The Labute approximate surface area is 233 Å². The second-order valence-electron chi connectivity index (χ2n) is 9.05. The third-order valence-corrected chi connectivity index (χ3v) is 6.57. The number of carboxylic acid groups (broad SMARTS) is 2. The molecule has 0 aromatic heterocycles. The van der Waals surface area contributed by atoms with Crippen LogP contribution in [0.1, 0.15) is 34.6 Å². The van der Waals surface area contributed by atoms with Gasteiger partial charge in [0.05, 0.1) is 24.3 Å². The molecule has 0 atom stereocenters. The molecule has 2 fully saturated rings. The smallest absolute Gasteiger partial charge is 0.409 e. The van der Waals surface area contributed by atoms with Crippen molar-refractivity contribution >= 4 is 35.5 Å². The lowest BCUT2D eigenvalue weighted by Gasteiger charge is -2.35. The van der Waals surface area contributed by atoms with Crippen molar-refractivity contribution in [1.82, 2.24) is 9.80 Å². The van der Waals surface area contributed by atoms with Crippen LogP contribution < -0.4 is 9.80 Å². The zero-order chi connectivity index (χ0) is 29.1. The van der Waals surface area contributed by atoms with Crippen LogP contribution in [0.2, 0.25) is 0 Å². The highest BCUT2D eigenvalue weighted by atomic mass is 16.6. The lowest BCUT2D eigenvalue weighted by molar-refractivity contribution is 0.0686. The van der Waals surface area contributed by atoms with Crippen LogP contribution in [-0.4, -0.2) is 110 Å². The number of amides is 2. The van der Waals surface area contributed by atoms with Crippen molar-refractivity contribution in [1.29, 1.82) is 0 Å². The average molecular weight is 557 g/mol. The number of hydrogen-bond acceptors (Lipinski definition) is 8. The molecule has 2 aliphatic rings. The number of rotatable bonds is 6. The lowest BCUT2D eigenvalue weighted by Crippen LogP contribution is -2.49. The van der Waals surface area contributed by atoms with Gasteiger partial charge >= 0.3 is 24.1 Å². The maximum absolute atomic E-state index is 11.6. The minimum atomic E-state index is -0.927. The monoisotopic (exact) mass is 556 g/mol. The van der Waals surface area contributed by atoms with E-state index >= 15 is 0 Å². The van der Waals surface area contributed by atoms with Crippen molar-refractivity contribution in [3.63, 3.8) is 0 Å². The first-order valence-electron chi connectivity index (χ1n) is 13.2. The van der Waals surface area contributed by atoms with E-state index in [1.807, 2.05) is 0 Å². The molecular formula is C28H36N4O8. The summed E-state index contributed by atoms with van der Waals surface area (Å²) in [7, 11) is 0. The second kappa shape index (κ2) is 14.6. The fraction of sp³-hybridized carbons (Fsp3) is 0.429. The molecular weight excluding hydrogens is 520 g/mol. The summed E-state index contributed by atoms with van der Waals surface area (Å²) in [5, 5.41) is 17.7. The van der Waals surface area contributed by atoms with Crippen molar-refractivity contribution in [2.75, 3.05) is 75.4 Å². The van der Waals surface area contributed by atoms with Gasteiger partial charge in [0.2, 0.25) is 0 Å². The standard InChI is InChI=1S/2C14H18N2O4/c2*1-2-20-14(19)16-9-7-15(8-10-16)12-5-3-11(4-6-12)13(17)18/h2*3-6H,2,7-10H2,1H3,(H,17,18). The fourth-order valence-corrected chi connectivity index (χ4v) is 4.35. The molecule has 4 rings (SSSR count). The molecule has 0 unspecified atom stereocenters. The van der Waals surface area contributed by atoms with Crippen LogP contribution in [0, 0.1) is 0 Å². The van der Waals surface area contributed by atoms with E-state index in [4.69, 9.17) is 19.7 Å². The molecule has 0 spiro atoms. The van der Waals surface area contributed by atoms with Gasteiger partial charge in [-0.05, 0) is 62.4 Å². The van der Waals surface area contributed by atoms with Crippen molar-refractivity contribution in [3.8, 4) is 0 Å². The summed E-state index contributed by atoms with van der Waals surface area (Å²) in [5.41, 5.74) is 2.50. The van der Waals surface area contributed by atoms with Crippen molar-refractivity contribution in [2.24, 2.45) is 0 Å². The quantitative estimate of drug-likeness (QED) is 0.544. The van der Waals surface area contributed by atoms with Crippen molar-refractivity contribution < 1.29 is 38.9 Å². The maximum Gasteiger partial charge on any atom is 0.409 e. The SMILES string of the molecule is CCOC(=O)N1CCN(c2ccc(C(=O)O)cc2)CC1.CCOC(=O)N1CCN(c2ccc(C(=O)O)cc2)CC1. The predicted molar refractivity (Wildman–Crippen MR) is 148 cm³/mol. The normalized spacial score (nSPS) is 15.1. The topological polar surface area (TPSA) is 140 Å². The number of hydrogen-bond donors (Lipinski definition) is 2. The van der Waals surface area contributed by atoms with Crippen LogP contribution in [0.15, 0.2) is 48.5 Å². The van der Waals surface area contributed by atoms with Crippen molar-refractivity contribution in [2.45, 2.75) is 13.8 Å². The van der Waals surface area contributed by atoms with Gasteiger partial charge < -0.3 is 39.3 Å². The van der Waals surface area contributed by atoms with E-state index in [1.54, 1.807) is 72.2 Å². The Balaban J connectivity index is 0.000000220. The average Bonchev–Trinajstić information content (AvgIpc) is 2.98. The Hall–Kier alpha value is -4.48. The summed E-state index contributed by atoms with van der Waals surface area (Å²) in [6.45, 7) is 9.65. The molecule has 2 aromatic rings. The summed E-state index contributed by atoms with van der Waals surface area (Å²) in [6, 6.07) is 13.6. The molecule has 2 heterocycles. The van der Waals surface area contributed by atoms with Gasteiger partial charge in [0, 0.05) is 63.7 Å². The first-order valence-corrected chi connectivity index (χ1v) is 13.2. The van der Waals surface area contributed by atoms with Gasteiger partial charge in [0.25, 0.3) is 0 Å². The summed E-state index contributed by atoms with van der Waals surface area (Å²) >= 11 is 0. The first kappa shape index (κ1) is 30.1. The number of ether oxygens (including phenoxy) is 2. The molecule has 12 nitrogen and oxygen atoms in total. The molecule has 40 heavy (non-hydrogen) atoms. The lowest BCUT2D eigenvalue weighted by atomic mass is 10.2. The third kappa shape index (κ3) is 8.26. The second-order valence-corrected chi connectivity index (χ2v) is 9.05. The Kier molecular flexibility index (Phi) is 11.0. The Morgan fingerprint density at radius 2 is 0.875 bits per heavy atom. The highest BCUT2D eigenvalue weighted by molar-refractivity contribution is 5.88. The zero-order valence-corrected chi connectivity index (χ0v) is 22.8. The van der Waals surface area contributed by atoms with Gasteiger partial charge in [0.15, 0.2) is 0 Å². The van der Waals surface area contributed by atoms with Gasteiger partial charge in [-0.2, -0.15) is 0 Å². The highest BCUT2D eigenvalue weighted by Gasteiger charge is 2.23. The third-order valence-electron chi connectivity index (χ3n) is 6.57. The number of benzene rings is 2. The van der Waals surface area contributed by atoms with E-state index in [9.17, 15) is 19.2 Å². The van der Waals surface area contributed by atoms with Crippen LogP contribution in [0.25, 0.3) is 0 Å². The Morgan fingerprint density at radius 1 is 0.575 bits per heavy atom. The van der Waals surface area contributed by atoms with Crippen LogP contribution in [0.5, 0.6) is 0 Å². The predicted octanol–water partition coefficient (Wildman–Crippen LogP) is 3.33. The molecule has 2 N–H and O–H groups in total. The minimum Gasteiger partial charge on any atom is -0.478 e. The fourth-order valence-electron chi connectivity index (χ4n) is 4.35. The summed E-state index contributed by atoms with van der Waals surface area (Å²) in [6.07, 6.45) is -0.540. The Morgan fingerprint density at radius 3 is 1.12 bits per heavy atom. The summed E-state index contributed by atoms with van der Waals surface area (Å²) in [4.78, 5) is 52.4. The number of carbonyl (C=O) groups is 4. The summed E-state index contributed by atoms with van der Waals surface area (Å²) < 4.78 is 9.94. The molecule has 2 aliphatic heterocycles. The van der Waals surface area contributed by atoms with E-state index in [1.165, 1.54) is 0 Å². The Bertz CT molecular complexity index is 1050. The highest BCUT2D eigenvalue weighted by Crippen LogP contribution is 2.19. The van der Waals surface area contributed by atoms with Gasteiger partial charge in [-0.25, -0.2) is 19.2 Å². The number of carboxylic acids is 2. The van der Waals surface area contributed by atoms with E-state index in [2.05, 4.69) is 9.80 Å². The zero-order valence-electron chi connectivity index (χ0n) is 22.8. The molecule has 2 amide bonds. The van der Waals surface area contributed by atoms with Crippen LogP contribution in [0.3, 0.4) is 0 Å². The molecule has 12 heteroatoms. The molecule has 0 aliphatic carbocycles. The van der Waals surface area contributed by atoms with E-state index in [-0.39, 0.29) is 23.3 Å². The number of piperazine rings is 2. The number of carbonyl (C=O) groups excluding carboxylic acids is 2. The van der Waals surface area contributed by atoms with E-state index in [0.29, 0.717) is 65.6 Å². The summed E-state index contributed by atoms with van der Waals surface area (Å²) in [5.74, 6) is -1.85. The van der Waals surface area contributed by atoms with Crippen molar-refractivity contribution in [3.05, 3.63) is 59.7 Å². The van der Waals surface area contributed by atoms with E-state index < -0.39 is 11.9 Å². The number of nitrogens with zero attached hydrogens (tertiary/aromatic N) is 4. The number of anilines is 2. The first-order chi connectivity index (χ1) is 19.2. The molecule has 0 radical (unpaired) electrons. The largest absolute Gasteiger partial charge is 0.478 e. The van der Waals surface area contributed by atoms with Crippen LogP contribution >= 0.6 is 0 Å². The van der Waals surface area contributed by atoms with Gasteiger partial charge in [-0.15, -0.1) is 0 Å². The molecule has 2 aromatic carbocycles. The van der Waals surface area contributed by atoms with Crippen LogP contribution in [-0.2, 0) is 9.47 Å². The van der Waals surface area contributed by atoms with E-state index in [0.717, 1.165) is 11.4 Å². The molecule has 0 bridgehead atoms. The molecule has 0 saturated carbocycles. The van der Waals surface area contributed by atoms with Gasteiger partial charge in [-0.1, -0.05) is 0 Å².